The largest absolute Gasteiger partial charge is 0.493 e. The number of hydrogen-bond donors (Lipinski definition) is 0. The highest BCUT2D eigenvalue weighted by Crippen LogP contribution is 2.19. The predicted octanol–water partition coefficient (Wildman–Crippen LogP) is 1.06. The molecule has 108 valence electrons. The highest BCUT2D eigenvalue weighted by molar-refractivity contribution is 5.97. The van der Waals surface area contributed by atoms with Gasteiger partial charge in [-0.05, 0) is 21.0 Å². The van der Waals surface area contributed by atoms with Crippen molar-refractivity contribution in [1.29, 1.82) is 0 Å². The van der Waals surface area contributed by atoms with Gasteiger partial charge in [-0.3, -0.25) is 9.48 Å². The van der Waals surface area contributed by atoms with Gasteiger partial charge < -0.3 is 14.4 Å². The van der Waals surface area contributed by atoms with Gasteiger partial charge in [0.25, 0.3) is 0 Å². The summed E-state index contributed by atoms with van der Waals surface area (Å²) in [6.07, 6.45) is 1.93. The van der Waals surface area contributed by atoms with Gasteiger partial charge in [0, 0.05) is 19.6 Å². The van der Waals surface area contributed by atoms with Gasteiger partial charge in [-0.25, -0.2) is 0 Å². The van der Waals surface area contributed by atoms with Gasteiger partial charge in [-0.15, -0.1) is 0 Å². The molecule has 0 aliphatic carbocycles. The van der Waals surface area contributed by atoms with Crippen LogP contribution in [0, 0.1) is 0 Å². The van der Waals surface area contributed by atoms with E-state index >= 15 is 0 Å². The van der Waals surface area contributed by atoms with Gasteiger partial charge in [0.15, 0.2) is 11.5 Å². The lowest BCUT2D eigenvalue weighted by atomic mass is 10.2. The molecule has 0 N–H and O–H groups in total. The molecule has 0 aliphatic rings. The van der Waals surface area contributed by atoms with Gasteiger partial charge in [-0.2, -0.15) is 5.10 Å². The second kappa shape index (κ2) is 7.91. The molecule has 1 aromatic heterocycles. The minimum atomic E-state index is 0.00144. The van der Waals surface area contributed by atoms with Crippen molar-refractivity contribution in [2.75, 3.05) is 41.0 Å². The monoisotopic (exact) mass is 269 g/mol. The molecule has 6 nitrogen and oxygen atoms in total. The fourth-order valence-electron chi connectivity index (χ4n) is 1.69. The molecular formula is C13H23N3O3. The van der Waals surface area contributed by atoms with Crippen molar-refractivity contribution in [3.8, 4) is 5.75 Å². The third-order valence-electron chi connectivity index (χ3n) is 2.73. The molecule has 19 heavy (non-hydrogen) atoms. The molecule has 0 fully saturated rings. The molecule has 0 atom stereocenters. The maximum atomic E-state index is 12.2. The van der Waals surface area contributed by atoms with Crippen LogP contribution in [0.2, 0.25) is 0 Å². The van der Waals surface area contributed by atoms with Crippen molar-refractivity contribution in [1.82, 2.24) is 14.7 Å². The number of aromatic nitrogens is 2. The van der Waals surface area contributed by atoms with Crippen molar-refractivity contribution in [2.24, 2.45) is 0 Å². The summed E-state index contributed by atoms with van der Waals surface area (Å²) < 4.78 is 12.1. The molecule has 0 saturated heterocycles. The number of carbonyl (C=O) groups is 1. The molecule has 1 aromatic rings. The van der Waals surface area contributed by atoms with Crippen LogP contribution in [0.1, 0.15) is 23.8 Å². The lowest BCUT2D eigenvalue weighted by Crippen LogP contribution is -2.22. The molecule has 0 unspecified atom stereocenters. The van der Waals surface area contributed by atoms with Crippen LogP contribution in [0.4, 0.5) is 0 Å². The van der Waals surface area contributed by atoms with Crippen molar-refractivity contribution in [2.45, 2.75) is 19.9 Å². The molecule has 0 aliphatic heterocycles. The van der Waals surface area contributed by atoms with E-state index in [2.05, 4.69) is 5.10 Å². The van der Waals surface area contributed by atoms with Crippen LogP contribution in [-0.4, -0.2) is 61.4 Å². The van der Waals surface area contributed by atoms with E-state index < -0.39 is 0 Å². The Morgan fingerprint density at radius 1 is 1.47 bits per heavy atom. The zero-order chi connectivity index (χ0) is 14.3. The first kappa shape index (κ1) is 15.7. The first-order valence-electron chi connectivity index (χ1n) is 6.45. The fourth-order valence-corrected chi connectivity index (χ4v) is 1.69. The Bertz CT molecular complexity index is 402. The van der Waals surface area contributed by atoms with E-state index in [4.69, 9.17) is 9.47 Å². The summed E-state index contributed by atoms with van der Waals surface area (Å²) in [6, 6.07) is 0. The average molecular weight is 269 g/mol. The van der Waals surface area contributed by atoms with E-state index in [0.29, 0.717) is 37.6 Å². The Labute approximate surface area is 114 Å². The molecule has 0 spiro atoms. The zero-order valence-corrected chi connectivity index (χ0v) is 12.2. The van der Waals surface area contributed by atoms with Crippen molar-refractivity contribution in [3.63, 3.8) is 0 Å². The Balaban J connectivity index is 2.77. The van der Waals surface area contributed by atoms with E-state index in [9.17, 15) is 4.79 Å². The highest BCUT2D eigenvalue weighted by atomic mass is 16.5. The van der Waals surface area contributed by atoms with Gasteiger partial charge in [0.2, 0.25) is 0 Å². The molecule has 0 bridgehead atoms. The van der Waals surface area contributed by atoms with Gasteiger partial charge >= 0.3 is 0 Å². The number of ether oxygens (including phenoxy) is 2. The summed E-state index contributed by atoms with van der Waals surface area (Å²) in [5.74, 6) is 0.529. The standard InChI is InChI=1S/C13H23N3O3/c1-5-19-9-6-11(17)13-12(18-4)10-14-16(13)8-7-15(2)3/h10H,5-9H2,1-4H3. The number of ketones is 1. The van der Waals surface area contributed by atoms with Crippen molar-refractivity contribution >= 4 is 5.78 Å². The Morgan fingerprint density at radius 2 is 2.21 bits per heavy atom. The number of likely N-dealkylation sites (N-methyl/N-ethyl adjacent to an activating group) is 1. The molecule has 0 radical (unpaired) electrons. The van der Waals surface area contributed by atoms with Crippen LogP contribution in [0.15, 0.2) is 6.20 Å². The summed E-state index contributed by atoms with van der Waals surface area (Å²) in [7, 11) is 5.52. The smallest absolute Gasteiger partial charge is 0.186 e. The Morgan fingerprint density at radius 3 is 2.79 bits per heavy atom. The highest BCUT2D eigenvalue weighted by Gasteiger charge is 2.19. The number of nitrogens with zero attached hydrogens (tertiary/aromatic N) is 3. The van der Waals surface area contributed by atoms with Crippen LogP contribution in [0.3, 0.4) is 0 Å². The summed E-state index contributed by atoms with van der Waals surface area (Å²) in [6.45, 7) is 4.43. The topological polar surface area (TPSA) is 56.6 Å². The van der Waals surface area contributed by atoms with Gasteiger partial charge in [0.05, 0.1) is 26.5 Å². The number of hydrogen-bond acceptors (Lipinski definition) is 5. The first-order chi connectivity index (χ1) is 9.10. The molecule has 0 saturated carbocycles. The molecule has 0 aromatic carbocycles. The average Bonchev–Trinajstić information content (AvgIpc) is 2.79. The molecule has 1 rings (SSSR count). The molecule has 6 heteroatoms. The molecule has 1 heterocycles. The Hall–Kier alpha value is -1.40. The van der Waals surface area contributed by atoms with Crippen LogP contribution in [0.25, 0.3) is 0 Å². The Kier molecular flexibility index (Phi) is 6.52. The van der Waals surface area contributed by atoms with E-state index in [-0.39, 0.29) is 5.78 Å². The maximum absolute atomic E-state index is 12.2. The number of carbonyl (C=O) groups excluding carboxylic acids is 1. The second-order valence-corrected chi connectivity index (χ2v) is 4.46. The van der Waals surface area contributed by atoms with E-state index in [0.717, 1.165) is 6.54 Å². The molecular weight excluding hydrogens is 246 g/mol. The SMILES string of the molecule is CCOCCC(=O)c1c(OC)cnn1CCN(C)C. The zero-order valence-electron chi connectivity index (χ0n) is 12.2. The number of rotatable bonds is 9. The minimum absolute atomic E-state index is 0.00144. The minimum Gasteiger partial charge on any atom is -0.493 e. The van der Waals surface area contributed by atoms with Crippen LogP contribution >= 0.6 is 0 Å². The molecule has 0 amide bonds. The number of methoxy groups -OCH3 is 1. The predicted molar refractivity (Wildman–Crippen MR) is 72.8 cm³/mol. The van der Waals surface area contributed by atoms with Gasteiger partial charge in [0.1, 0.15) is 5.69 Å². The van der Waals surface area contributed by atoms with E-state index in [1.807, 2.05) is 25.9 Å². The summed E-state index contributed by atoms with van der Waals surface area (Å²) in [5, 5.41) is 4.21. The lowest BCUT2D eigenvalue weighted by Gasteiger charge is -2.12. The summed E-state index contributed by atoms with van der Waals surface area (Å²) in [5.41, 5.74) is 0.532. The van der Waals surface area contributed by atoms with Crippen LogP contribution in [-0.2, 0) is 11.3 Å². The first-order valence-corrected chi connectivity index (χ1v) is 6.45. The quantitative estimate of drug-likeness (QED) is 0.495. The van der Waals surface area contributed by atoms with Gasteiger partial charge in [-0.1, -0.05) is 0 Å². The van der Waals surface area contributed by atoms with Crippen molar-refractivity contribution < 1.29 is 14.3 Å². The summed E-state index contributed by atoms with van der Waals surface area (Å²) >= 11 is 0. The normalized spacial score (nSPS) is 11.0. The van der Waals surface area contributed by atoms with E-state index in [1.54, 1.807) is 18.0 Å². The van der Waals surface area contributed by atoms with Crippen LogP contribution < -0.4 is 4.74 Å². The van der Waals surface area contributed by atoms with E-state index in [1.165, 1.54) is 0 Å². The lowest BCUT2D eigenvalue weighted by molar-refractivity contribution is 0.0882. The fraction of sp³-hybridized carbons (Fsp3) is 0.692. The maximum Gasteiger partial charge on any atom is 0.186 e. The third-order valence-corrected chi connectivity index (χ3v) is 2.73. The van der Waals surface area contributed by atoms with Crippen LogP contribution in [0.5, 0.6) is 5.75 Å². The summed E-state index contributed by atoms with van der Waals surface area (Å²) in [4.78, 5) is 14.2. The van der Waals surface area contributed by atoms with Crippen molar-refractivity contribution in [3.05, 3.63) is 11.9 Å². The third kappa shape index (κ3) is 4.65. The second-order valence-electron chi connectivity index (χ2n) is 4.46. The number of Topliss-reactive ketones (excluding diaryl/α,β-unsaturated/α-hetero) is 1.